The van der Waals surface area contributed by atoms with Gasteiger partial charge < -0.3 is 23.8 Å². The van der Waals surface area contributed by atoms with Crippen molar-refractivity contribution in [2.45, 2.75) is 0 Å². The van der Waals surface area contributed by atoms with Crippen LogP contribution in [0.1, 0.15) is 0 Å². The number of rotatable bonds is 11. The number of aromatic nitrogens is 2. The van der Waals surface area contributed by atoms with Crippen molar-refractivity contribution < 1.29 is 0 Å². The van der Waals surface area contributed by atoms with Crippen LogP contribution in [0.4, 0.5) is 51.2 Å². The van der Waals surface area contributed by atoms with E-state index in [0.717, 1.165) is 118 Å². The molecule has 2 aliphatic rings. The van der Waals surface area contributed by atoms with Crippen molar-refractivity contribution in [2.24, 2.45) is 0 Å². The maximum absolute atomic E-state index is 2.64. The fourth-order valence-corrected chi connectivity index (χ4v) is 15.7. The normalized spacial score (nSPS) is 12.3. The Hall–Kier alpha value is -12.6. The van der Waals surface area contributed by atoms with Gasteiger partial charge in [-0.3, -0.25) is 0 Å². The van der Waals surface area contributed by atoms with Crippen LogP contribution in [-0.2, 0) is 0 Å². The molecule has 2 aromatic heterocycles. The van der Waals surface area contributed by atoms with Crippen LogP contribution >= 0.6 is 0 Å². The molecule has 2 aliphatic heterocycles. The Kier molecular flexibility index (Phi) is 13.0. The molecular formula is C90H60BN5. The summed E-state index contributed by atoms with van der Waals surface area (Å²) in [5, 5.41) is 4.75. The van der Waals surface area contributed by atoms with E-state index in [1.807, 2.05) is 0 Å². The molecule has 19 rings (SSSR count). The molecule has 15 aromatic carbocycles. The van der Waals surface area contributed by atoms with Gasteiger partial charge in [0.25, 0.3) is 6.71 Å². The van der Waals surface area contributed by atoms with Gasteiger partial charge in [-0.05, 0) is 171 Å². The number of benzene rings is 15. The van der Waals surface area contributed by atoms with Crippen LogP contribution in [0, 0.1) is 0 Å². The summed E-state index contributed by atoms with van der Waals surface area (Å²) in [6.07, 6.45) is 0. The first-order chi connectivity index (χ1) is 47.7. The Balaban J connectivity index is 0.990. The van der Waals surface area contributed by atoms with Crippen molar-refractivity contribution >= 4 is 118 Å². The van der Waals surface area contributed by atoms with Crippen LogP contribution in [0.2, 0.25) is 0 Å². The maximum atomic E-state index is 2.64. The van der Waals surface area contributed by atoms with Gasteiger partial charge in [0.1, 0.15) is 0 Å². The van der Waals surface area contributed by atoms with Crippen molar-refractivity contribution in [1.29, 1.82) is 0 Å². The highest BCUT2D eigenvalue weighted by molar-refractivity contribution is 7.00. The molecule has 96 heavy (non-hydrogen) atoms. The second-order valence-electron chi connectivity index (χ2n) is 25.2. The van der Waals surface area contributed by atoms with Crippen molar-refractivity contribution in [3.63, 3.8) is 0 Å². The minimum absolute atomic E-state index is 0.288. The highest BCUT2D eigenvalue weighted by Gasteiger charge is 2.46. The fourth-order valence-electron chi connectivity index (χ4n) is 15.7. The summed E-state index contributed by atoms with van der Waals surface area (Å²) < 4.78 is 4.98. The van der Waals surface area contributed by atoms with Crippen molar-refractivity contribution in [1.82, 2.24) is 9.13 Å². The lowest BCUT2D eigenvalue weighted by molar-refractivity contribution is 1.18. The van der Waals surface area contributed by atoms with Gasteiger partial charge in [0.15, 0.2) is 0 Å². The number of anilines is 9. The molecule has 5 nitrogen and oxygen atoms in total. The number of hydrogen-bond donors (Lipinski definition) is 0. The standard InChI is InChI=1S/C90H60BN5/c1-7-29-61(30-8-1)63-33-27-35-65(53-63)72-45-19-23-49-80(72)95-86-57-76-74-47-21-25-51-82(74)93(69-41-15-5-16-42-69)84(76)59-78(86)91-79-60-85-77(75-48-22-26-52-83(75)94(85)70-43-17-6-18-44-70)58-87(79)96(81-50-24-20-46-73(81)66-36-28-34-64(54-66)62-31-9-2-10-32-62)89-56-71(55-88(95)90(89)91)92(67-37-11-3-12-38-67)68-39-13-4-14-40-68/h1-60H. The van der Waals surface area contributed by atoms with E-state index < -0.39 is 0 Å². The molecule has 0 unspecified atom stereocenters. The number of nitrogens with zero attached hydrogens (tertiary/aromatic N) is 5. The van der Waals surface area contributed by atoms with E-state index in [1.165, 1.54) is 49.1 Å². The Morgan fingerprint density at radius 1 is 0.219 bits per heavy atom. The maximum Gasteiger partial charge on any atom is 0.252 e. The van der Waals surface area contributed by atoms with Crippen molar-refractivity contribution in [2.75, 3.05) is 14.7 Å². The second kappa shape index (κ2) is 22.6. The van der Waals surface area contributed by atoms with Crippen LogP contribution in [0.15, 0.2) is 364 Å². The average molecular weight is 1220 g/mol. The van der Waals surface area contributed by atoms with Crippen LogP contribution in [0.5, 0.6) is 0 Å². The monoisotopic (exact) mass is 1220 g/mol. The lowest BCUT2D eigenvalue weighted by Gasteiger charge is -2.45. The lowest BCUT2D eigenvalue weighted by atomic mass is 9.33. The van der Waals surface area contributed by atoms with Crippen molar-refractivity contribution in [3.8, 4) is 55.9 Å². The summed E-state index contributed by atoms with van der Waals surface area (Å²) in [5.74, 6) is 0. The lowest BCUT2D eigenvalue weighted by Crippen LogP contribution is -2.61. The molecule has 0 bridgehead atoms. The molecule has 0 radical (unpaired) electrons. The third kappa shape index (κ3) is 8.87. The molecule has 448 valence electrons. The molecule has 4 heterocycles. The number of para-hydroxylation sites is 8. The zero-order valence-corrected chi connectivity index (χ0v) is 52.5. The van der Waals surface area contributed by atoms with E-state index in [-0.39, 0.29) is 6.71 Å². The first-order valence-corrected chi connectivity index (χ1v) is 33.1. The van der Waals surface area contributed by atoms with Gasteiger partial charge in [-0.1, -0.05) is 243 Å². The molecule has 0 aliphatic carbocycles. The van der Waals surface area contributed by atoms with E-state index in [2.05, 4.69) is 388 Å². The Bertz CT molecular complexity index is 5490. The molecule has 0 fully saturated rings. The van der Waals surface area contributed by atoms with Gasteiger partial charge in [-0.25, -0.2) is 0 Å². The Morgan fingerprint density at radius 3 is 1.01 bits per heavy atom. The summed E-state index contributed by atoms with van der Waals surface area (Å²) in [7, 11) is 0. The largest absolute Gasteiger partial charge is 0.311 e. The zero-order valence-electron chi connectivity index (χ0n) is 52.5. The Morgan fingerprint density at radius 2 is 0.573 bits per heavy atom. The van der Waals surface area contributed by atoms with Gasteiger partial charge in [-0.15, -0.1) is 0 Å². The predicted molar refractivity (Wildman–Crippen MR) is 406 cm³/mol. The molecule has 0 amide bonds. The minimum Gasteiger partial charge on any atom is -0.311 e. The Labute approximate surface area is 558 Å². The molecule has 17 aromatic rings. The average Bonchev–Trinajstić information content (AvgIpc) is 1.08. The third-order valence-corrected chi connectivity index (χ3v) is 19.8. The van der Waals surface area contributed by atoms with E-state index in [9.17, 15) is 0 Å². The quantitative estimate of drug-likeness (QED) is 0.120. The first kappa shape index (κ1) is 55.0. The molecule has 6 heteroatoms. The highest BCUT2D eigenvalue weighted by atomic mass is 15.2. The molecule has 0 spiro atoms. The van der Waals surface area contributed by atoms with Crippen LogP contribution in [-0.4, -0.2) is 15.8 Å². The smallest absolute Gasteiger partial charge is 0.252 e. The number of hydrogen-bond acceptors (Lipinski definition) is 3. The topological polar surface area (TPSA) is 19.6 Å². The van der Waals surface area contributed by atoms with E-state index >= 15 is 0 Å². The van der Waals surface area contributed by atoms with Crippen LogP contribution < -0.4 is 31.1 Å². The van der Waals surface area contributed by atoms with Gasteiger partial charge in [0, 0.05) is 78.2 Å². The summed E-state index contributed by atoms with van der Waals surface area (Å²) in [5.41, 5.74) is 29.4. The van der Waals surface area contributed by atoms with E-state index in [0.29, 0.717) is 0 Å². The molecule has 0 saturated carbocycles. The van der Waals surface area contributed by atoms with Crippen LogP contribution in [0.3, 0.4) is 0 Å². The highest BCUT2D eigenvalue weighted by Crippen LogP contribution is 2.53. The van der Waals surface area contributed by atoms with Crippen LogP contribution in [0.25, 0.3) is 99.5 Å². The predicted octanol–water partition coefficient (Wildman–Crippen LogP) is 22.1. The summed E-state index contributed by atoms with van der Waals surface area (Å²) in [6.45, 7) is -0.288. The SMILES string of the molecule is c1ccc(-c2cccc(-c3ccccc3N3c4cc5c6ccccc6n(-c6ccccc6)c5cc4B4c5cc6c(cc5N(c5ccccc5-c5cccc(-c7ccccc7)c5)c5cc(N(c7ccccc7)c7ccccc7)cc3c54)c3ccccc3n6-c3ccccc3)c2)cc1. The molecular weight excluding hydrogens is 1160 g/mol. The van der Waals surface area contributed by atoms with E-state index in [4.69, 9.17) is 0 Å². The third-order valence-electron chi connectivity index (χ3n) is 19.8. The van der Waals surface area contributed by atoms with Crippen molar-refractivity contribution in [3.05, 3.63) is 364 Å². The summed E-state index contributed by atoms with van der Waals surface area (Å²) in [4.78, 5) is 7.72. The minimum atomic E-state index is -0.288. The fraction of sp³-hybridized carbons (Fsp3) is 0. The zero-order chi connectivity index (χ0) is 63.2. The van der Waals surface area contributed by atoms with E-state index in [1.54, 1.807) is 0 Å². The van der Waals surface area contributed by atoms with Gasteiger partial charge in [-0.2, -0.15) is 0 Å². The first-order valence-electron chi connectivity index (χ1n) is 33.1. The molecule has 0 saturated heterocycles. The van der Waals surface area contributed by atoms with Gasteiger partial charge in [0.2, 0.25) is 0 Å². The van der Waals surface area contributed by atoms with Gasteiger partial charge in [0.05, 0.1) is 39.1 Å². The molecule has 0 atom stereocenters. The second-order valence-corrected chi connectivity index (χ2v) is 25.2. The number of fused-ring (bicyclic) bond motifs is 10. The molecule has 0 N–H and O–H groups in total. The summed E-state index contributed by atoms with van der Waals surface area (Å²) >= 11 is 0. The summed E-state index contributed by atoms with van der Waals surface area (Å²) in [6, 6.07) is 135. The van der Waals surface area contributed by atoms with Gasteiger partial charge >= 0.3 is 0 Å².